The zero-order chi connectivity index (χ0) is 9.84. The number of phenolic OH excluding ortho intramolecular Hbond substituents is 1. The van der Waals surface area contributed by atoms with Gasteiger partial charge >= 0.3 is 5.97 Å². The Kier molecular flexibility index (Phi) is 2.69. The van der Waals surface area contributed by atoms with E-state index in [9.17, 15) is 9.90 Å². The van der Waals surface area contributed by atoms with Gasteiger partial charge in [-0.25, -0.2) is 0 Å². The highest BCUT2D eigenvalue weighted by atomic mass is 16.4. The molecule has 0 spiro atoms. The van der Waals surface area contributed by atoms with Gasteiger partial charge in [-0.05, 0) is 11.6 Å². The average Bonchev–Trinajstić information content (AvgIpc) is 2.08. The molecule has 1 rings (SSSR count). The van der Waals surface area contributed by atoms with Crippen molar-refractivity contribution in [1.82, 2.24) is 0 Å². The molecule has 1 aromatic carbocycles. The van der Waals surface area contributed by atoms with E-state index in [1.165, 1.54) is 6.07 Å². The third-order valence-electron chi connectivity index (χ3n) is 1.69. The average molecular weight is 178 g/mol. The highest BCUT2D eigenvalue weighted by molar-refractivity contribution is 5.71. The van der Waals surface area contributed by atoms with E-state index in [1.807, 2.05) is 0 Å². The lowest BCUT2D eigenvalue weighted by atomic mass is 10.1. The normalized spacial score (nSPS) is 9.54. The summed E-state index contributed by atoms with van der Waals surface area (Å²) in [4.78, 5) is 10.3. The molecule has 0 bridgehead atoms. The molecule has 0 unspecified atom stereocenters. The van der Waals surface area contributed by atoms with Crippen LogP contribution in [0.25, 0.3) is 6.08 Å². The molecule has 0 aliphatic carbocycles. The van der Waals surface area contributed by atoms with Crippen molar-refractivity contribution in [2.45, 2.75) is 6.42 Å². The van der Waals surface area contributed by atoms with Crippen molar-refractivity contribution in [2.24, 2.45) is 0 Å². The maximum absolute atomic E-state index is 10.3. The molecule has 3 nitrogen and oxygen atoms in total. The SMILES string of the molecule is C=Cc1ccc(CC(=O)O)c(O)c1. The molecule has 0 atom stereocenters. The number of aromatic hydroxyl groups is 1. The predicted octanol–water partition coefficient (Wildman–Crippen LogP) is 1.66. The molecule has 0 aromatic heterocycles. The lowest BCUT2D eigenvalue weighted by molar-refractivity contribution is -0.136. The summed E-state index contributed by atoms with van der Waals surface area (Å²) < 4.78 is 0. The molecule has 68 valence electrons. The highest BCUT2D eigenvalue weighted by Crippen LogP contribution is 2.19. The Balaban J connectivity index is 2.98. The highest BCUT2D eigenvalue weighted by Gasteiger charge is 2.05. The van der Waals surface area contributed by atoms with Gasteiger partial charge in [0, 0.05) is 5.56 Å². The van der Waals surface area contributed by atoms with Gasteiger partial charge in [-0.15, -0.1) is 0 Å². The number of phenols is 1. The number of hydrogen-bond acceptors (Lipinski definition) is 2. The van der Waals surface area contributed by atoms with Crippen LogP contribution in [-0.4, -0.2) is 16.2 Å². The summed E-state index contributed by atoms with van der Waals surface area (Å²) in [7, 11) is 0. The monoisotopic (exact) mass is 178 g/mol. The fourth-order valence-corrected chi connectivity index (χ4v) is 1.02. The summed E-state index contributed by atoms with van der Waals surface area (Å²) in [6.07, 6.45) is 1.42. The van der Waals surface area contributed by atoms with Gasteiger partial charge in [-0.3, -0.25) is 4.79 Å². The Bertz CT molecular complexity index is 342. The van der Waals surface area contributed by atoms with Crippen LogP contribution < -0.4 is 0 Å². The molecule has 0 saturated heterocycles. The molecule has 0 aliphatic heterocycles. The molecule has 13 heavy (non-hydrogen) atoms. The van der Waals surface area contributed by atoms with E-state index in [0.717, 1.165) is 5.56 Å². The first-order chi connectivity index (χ1) is 6.13. The largest absolute Gasteiger partial charge is 0.508 e. The van der Waals surface area contributed by atoms with Crippen molar-refractivity contribution < 1.29 is 15.0 Å². The Morgan fingerprint density at radius 1 is 1.54 bits per heavy atom. The number of rotatable bonds is 3. The summed E-state index contributed by atoms with van der Waals surface area (Å²) in [5, 5.41) is 17.8. The Labute approximate surface area is 76.0 Å². The molecular formula is C10H10O3. The second-order valence-corrected chi connectivity index (χ2v) is 2.66. The first-order valence-electron chi connectivity index (χ1n) is 3.79. The molecule has 0 heterocycles. The maximum Gasteiger partial charge on any atom is 0.307 e. The predicted molar refractivity (Wildman–Crippen MR) is 49.5 cm³/mol. The van der Waals surface area contributed by atoms with Gasteiger partial charge in [0.15, 0.2) is 0 Å². The Morgan fingerprint density at radius 2 is 2.23 bits per heavy atom. The number of carboxylic acid groups (broad SMARTS) is 1. The smallest absolute Gasteiger partial charge is 0.307 e. The van der Waals surface area contributed by atoms with Crippen LogP contribution in [0, 0.1) is 0 Å². The van der Waals surface area contributed by atoms with Gasteiger partial charge in [-0.1, -0.05) is 24.8 Å². The van der Waals surface area contributed by atoms with Crippen molar-refractivity contribution in [3.05, 3.63) is 35.9 Å². The molecule has 0 radical (unpaired) electrons. The van der Waals surface area contributed by atoms with Crippen molar-refractivity contribution >= 4 is 12.0 Å². The van der Waals surface area contributed by atoms with E-state index in [-0.39, 0.29) is 12.2 Å². The van der Waals surface area contributed by atoms with Crippen LogP contribution in [0.4, 0.5) is 0 Å². The zero-order valence-corrected chi connectivity index (χ0v) is 7.03. The minimum atomic E-state index is -0.957. The van der Waals surface area contributed by atoms with Crippen molar-refractivity contribution in [1.29, 1.82) is 0 Å². The zero-order valence-electron chi connectivity index (χ0n) is 7.03. The van der Waals surface area contributed by atoms with Crippen LogP contribution in [-0.2, 0) is 11.2 Å². The van der Waals surface area contributed by atoms with Crippen LogP contribution >= 0.6 is 0 Å². The van der Waals surface area contributed by atoms with Crippen LogP contribution in [0.15, 0.2) is 24.8 Å². The van der Waals surface area contributed by atoms with Gasteiger partial charge in [-0.2, -0.15) is 0 Å². The van der Waals surface area contributed by atoms with Gasteiger partial charge in [0.25, 0.3) is 0 Å². The van der Waals surface area contributed by atoms with Gasteiger partial charge in [0.1, 0.15) is 5.75 Å². The van der Waals surface area contributed by atoms with E-state index in [4.69, 9.17) is 5.11 Å². The van der Waals surface area contributed by atoms with Crippen molar-refractivity contribution in [3.63, 3.8) is 0 Å². The van der Waals surface area contributed by atoms with Crippen molar-refractivity contribution in [3.8, 4) is 5.75 Å². The standard InChI is InChI=1S/C10H10O3/c1-2-7-3-4-8(6-10(12)13)9(11)5-7/h2-5,11H,1,6H2,(H,12,13). The van der Waals surface area contributed by atoms with Crippen molar-refractivity contribution in [2.75, 3.05) is 0 Å². The number of benzene rings is 1. The lowest BCUT2D eigenvalue weighted by Gasteiger charge is -2.02. The third kappa shape index (κ3) is 2.33. The molecule has 3 heteroatoms. The lowest BCUT2D eigenvalue weighted by Crippen LogP contribution is -2.00. The first kappa shape index (κ1) is 9.32. The Morgan fingerprint density at radius 3 is 2.69 bits per heavy atom. The van der Waals surface area contributed by atoms with Gasteiger partial charge < -0.3 is 10.2 Å². The number of carboxylic acids is 1. The second-order valence-electron chi connectivity index (χ2n) is 2.66. The minimum Gasteiger partial charge on any atom is -0.508 e. The fourth-order valence-electron chi connectivity index (χ4n) is 1.02. The number of hydrogen-bond donors (Lipinski definition) is 2. The van der Waals surface area contributed by atoms with E-state index >= 15 is 0 Å². The number of aliphatic carboxylic acids is 1. The Hall–Kier alpha value is -1.77. The molecular weight excluding hydrogens is 168 g/mol. The summed E-state index contributed by atoms with van der Waals surface area (Å²) in [5.74, 6) is -0.957. The molecule has 2 N–H and O–H groups in total. The first-order valence-corrected chi connectivity index (χ1v) is 3.79. The van der Waals surface area contributed by atoms with Crippen LogP contribution in [0.5, 0.6) is 5.75 Å². The quantitative estimate of drug-likeness (QED) is 0.740. The summed E-state index contributed by atoms with van der Waals surface area (Å²) in [5.41, 5.74) is 1.18. The van der Waals surface area contributed by atoms with Crippen LogP contribution in [0.2, 0.25) is 0 Å². The number of carbonyl (C=O) groups is 1. The minimum absolute atomic E-state index is 0.000185. The van der Waals surface area contributed by atoms with Crippen LogP contribution in [0.3, 0.4) is 0 Å². The van der Waals surface area contributed by atoms with Gasteiger partial charge in [0.2, 0.25) is 0 Å². The maximum atomic E-state index is 10.3. The molecule has 1 aromatic rings. The summed E-state index contributed by atoms with van der Waals surface area (Å²) in [6, 6.07) is 4.79. The van der Waals surface area contributed by atoms with Gasteiger partial charge in [0.05, 0.1) is 6.42 Å². The summed E-state index contributed by atoms with van der Waals surface area (Å²) >= 11 is 0. The van der Waals surface area contributed by atoms with E-state index < -0.39 is 5.97 Å². The topological polar surface area (TPSA) is 57.5 Å². The van der Waals surface area contributed by atoms with E-state index in [2.05, 4.69) is 6.58 Å². The van der Waals surface area contributed by atoms with E-state index in [0.29, 0.717) is 5.56 Å². The molecule has 0 aliphatic rings. The van der Waals surface area contributed by atoms with Crippen LogP contribution in [0.1, 0.15) is 11.1 Å². The second kappa shape index (κ2) is 3.76. The molecule has 0 saturated carbocycles. The van der Waals surface area contributed by atoms with E-state index in [1.54, 1.807) is 18.2 Å². The summed E-state index contributed by atoms with van der Waals surface area (Å²) in [6.45, 7) is 3.54. The fraction of sp³-hybridized carbons (Fsp3) is 0.100. The third-order valence-corrected chi connectivity index (χ3v) is 1.69. The molecule has 0 fully saturated rings. The molecule has 0 amide bonds.